The van der Waals surface area contributed by atoms with Gasteiger partial charge in [0.15, 0.2) is 0 Å². The summed E-state index contributed by atoms with van der Waals surface area (Å²) in [7, 11) is 0. The van der Waals surface area contributed by atoms with E-state index in [1.54, 1.807) is 0 Å². The monoisotopic (exact) mass is 154 g/mol. The van der Waals surface area contributed by atoms with Gasteiger partial charge in [0.05, 0.1) is 6.10 Å². The summed E-state index contributed by atoms with van der Waals surface area (Å²) in [6.45, 7) is 8.11. The zero-order chi connectivity index (χ0) is 8.06. The number of rotatable bonds is 0. The Balaban J connectivity index is 2.19. The van der Waals surface area contributed by atoms with E-state index >= 15 is 0 Å². The van der Waals surface area contributed by atoms with Crippen LogP contribution in [0.5, 0.6) is 0 Å². The highest BCUT2D eigenvalue weighted by Gasteiger charge is 2.46. The largest absolute Gasteiger partial charge is 0.378 e. The molecule has 64 valence electrons. The summed E-state index contributed by atoms with van der Waals surface area (Å²) < 4.78 is 5.72. The van der Waals surface area contributed by atoms with Gasteiger partial charge in [-0.1, -0.05) is 20.8 Å². The highest BCUT2D eigenvalue weighted by Crippen LogP contribution is 2.50. The third-order valence-electron chi connectivity index (χ3n) is 3.56. The summed E-state index contributed by atoms with van der Waals surface area (Å²) in [4.78, 5) is 0. The fraction of sp³-hybridized carbons (Fsp3) is 1.00. The van der Waals surface area contributed by atoms with Crippen molar-refractivity contribution in [1.29, 1.82) is 0 Å². The van der Waals surface area contributed by atoms with Crippen LogP contribution in [0, 0.1) is 17.3 Å². The van der Waals surface area contributed by atoms with Gasteiger partial charge in [-0.15, -0.1) is 0 Å². The van der Waals surface area contributed by atoms with Crippen molar-refractivity contribution in [1.82, 2.24) is 0 Å². The molecule has 2 fully saturated rings. The first-order valence-electron chi connectivity index (χ1n) is 4.71. The molecule has 2 aliphatic rings. The van der Waals surface area contributed by atoms with Crippen molar-refractivity contribution < 1.29 is 4.74 Å². The molecule has 0 aromatic rings. The maximum Gasteiger partial charge on any atom is 0.0583 e. The second-order valence-corrected chi connectivity index (χ2v) is 4.97. The van der Waals surface area contributed by atoms with Crippen molar-refractivity contribution in [3.63, 3.8) is 0 Å². The molecular formula is C10H18O. The first-order chi connectivity index (χ1) is 5.09. The molecule has 3 atom stereocenters. The van der Waals surface area contributed by atoms with E-state index in [0.29, 0.717) is 11.5 Å². The molecule has 1 saturated carbocycles. The van der Waals surface area contributed by atoms with Crippen molar-refractivity contribution in [2.24, 2.45) is 17.3 Å². The Labute approximate surface area is 69.1 Å². The molecule has 2 rings (SSSR count). The minimum absolute atomic E-state index is 0.542. The number of ether oxygens (including phenoxy) is 1. The lowest BCUT2D eigenvalue weighted by atomic mass is 9.75. The zero-order valence-corrected chi connectivity index (χ0v) is 7.76. The molecule has 1 saturated heterocycles. The van der Waals surface area contributed by atoms with E-state index in [-0.39, 0.29) is 0 Å². The molecule has 0 spiro atoms. The fourth-order valence-corrected chi connectivity index (χ4v) is 2.96. The molecule has 0 aromatic heterocycles. The van der Waals surface area contributed by atoms with Gasteiger partial charge < -0.3 is 4.74 Å². The molecule has 1 aliphatic carbocycles. The van der Waals surface area contributed by atoms with Gasteiger partial charge >= 0.3 is 0 Å². The topological polar surface area (TPSA) is 9.23 Å². The third-order valence-corrected chi connectivity index (χ3v) is 3.56. The Morgan fingerprint density at radius 2 is 2.09 bits per heavy atom. The van der Waals surface area contributed by atoms with E-state index in [1.807, 2.05) is 0 Å². The predicted octanol–water partition coefficient (Wildman–Crippen LogP) is 2.46. The van der Waals surface area contributed by atoms with Crippen LogP contribution < -0.4 is 0 Å². The maximum atomic E-state index is 5.72. The predicted molar refractivity (Wildman–Crippen MR) is 45.4 cm³/mol. The van der Waals surface area contributed by atoms with Crippen molar-refractivity contribution in [3.05, 3.63) is 0 Å². The normalized spacial score (nSPS) is 47.7. The number of fused-ring (bicyclic) bond motifs is 2. The highest BCUT2D eigenvalue weighted by molar-refractivity contribution is 4.95. The van der Waals surface area contributed by atoms with Crippen molar-refractivity contribution in [2.45, 2.75) is 39.7 Å². The Morgan fingerprint density at radius 3 is 2.73 bits per heavy atom. The number of hydrogen-bond acceptors (Lipinski definition) is 1. The van der Waals surface area contributed by atoms with Gasteiger partial charge in [0.2, 0.25) is 0 Å². The van der Waals surface area contributed by atoms with E-state index in [4.69, 9.17) is 4.74 Å². The summed E-state index contributed by atoms with van der Waals surface area (Å²) in [5, 5.41) is 0. The van der Waals surface area contributed by atoms with E-state index in [9.17, 15) is 0 Å². The van der Waals surface area contributed by atoms with Crippen LogP contribution in [0.1, 0.15) is 33.6 Å². The first-order valence-corrected chi connectivity index (χ1v) is 4.71. The molecule has 1 nitrogen and oxygen atoms in total. The average molecular weight is 154 g/mol. The lowest BCUT2D eigenvalue weighted by molar-refractivity contribution is -0.00817. The Morgan fingerprint density at radius 1 is 1.36 bits per heavy atom. The van der Waals surface area contributed by atoms with E-state index in [2.05, 4.69) is 20.8 Å². The summed E-state index contributed by atoms with van der Waals surface area (Å²) >= 11 is 0. The summed E-state index contributed by atoms with van der Waals surface area (Å²) in [6.07, 6.45) is 3.18. The van der Waals surface area contributed by atoms with Crippen LogP contribution in [0.3, 0.4) is 0 Å². The van der Waals surface area contributed by atoms with E-state index in [0.717, 1.165) is 18.4 Å². The minimum Gasteiger partial charge on any atom is -0.378 e. The quantitative estimate of drug-likeness (QED) is 0.521. The maximum absolute atomic E-state index is 5.72. The summed E-state index contributed by atoms with van der Waals surface area (Å²) in [6, 6.07) is 0. The van der Waals surface area contributed by atoms with Gasteiger partial charge in [-0.05, 0) is 30.1 Å². The Hall–Kier alpha value is -0.0400. The fourth-order valence-electron chi connectivity index (χ4n) is 2.96. The summed E-state index contributed by atoms with van der Waals surface area (Å²) in [5.74, 6) is 1.70. The number of hydrogen-bond donors (Lipinski definition) is 0. The molecule has 2 bridgehead atoms. The molecule has 0 amide bonds. The van der Waals surface area contributed by atoms with Gasteiger partial charge in [0.25, 0.3) is 0 Å². The van der Waals surface area contributed by atoms with Gasteiger partial charge in [0, 0.05) is 6.61 Å². The molecule has 0 aromatic carbocycles. The molecule has 1 heteroatoms. The zero-order valence-electron chi connectivity index (χ0n) is 7.76. The first kappa shape index (κ1) is 7.60. The van der Waals surface area contributed by atoms with Crippen molar-refractivity contribution >= 4 is 0 Å². The molecule has 11 heavy (non-hydrogen) atoms. The van der Waals surface area contributed by atoms with E-state index < -0.39 is 0 Å². The van der Waals surface area contributed by atoms with Crippen LogP contribution in [-0.4, -0.2) is 12.7 Å². The van der Waals surface area contributed by atoms with Crippen LogP contribution in [0.15, 0.2) is 0 Å². The lowest BCUT2D eigenvalue weighted by Crippen LogP contribution is -2.28. The molecule has 1 heterocycles. The van der Waals surface area contributed by atoms with E-state index in [1.165, 1.54) is 12.8 Å². The van der Waals surface area contributed by atoms with Crippen LogP contribution in [0.2, 0.25) is 0 Å². The second-order valence-electron chi connectivity index (χ2n) is 4.97. The highest BCUT2D eigenvalue weighted by atomic mass is 16.5. The minimum atomic E-state index is 0.542. The smallest absolute Gasteiger partial charge is 0.0583 e. The molecular weight excluding hydrogens is 136 g/mol. The molecule has 1 aliphatic heterocycles. The van der Waals surface area contributed by atoms with Gasteiger partial charge in [-0.2, -0.15) is 0 Å². The van der Waals surface area contributed by atoms with Gasteiger partial charge in [-0.25, -0.2) is 0 Å². The molecule has 1 unspecified atom stereocenters. The van der Waals surface area contributed by atoms with Crippen LogP contribution in [-0.2, 0) is 4.74 Å². The lowest BCUT2D eigenvalue weighted by Gasteiger charge is -2.32. The molecule has 0 N–H and O–H groups in total. The average Bonchev–Trinajstić information content (AvgIpc) is 2.15. The second kappa shape index (κ2) is 2.22. The summed E-state index contributed by atoms with van der Waals surface area (Å²) in [5.41, 5.74) is 0.542. The van der Waals surface area contributed by atoms with Crippen LogP contribution >= 0.6 is 0 Å². The third kappa shape index (κ3) is 1.10. The Bertz CT molecular complexity index is 162. The SMILES string of the molecule is CC1CO[C@@H]2C[C@@H]1C(C)(C)C2. The van der Waals surface area contributed by atoms with Gasteiger partial charge in [0.1, 0.15) is 0 Å². The van der Waals surface area contributed by atoms with Crippen molar-refractivity contribution in [3.8, 4) is 0 Å². The van der Waals surface area contributed by atoms with Crippen LogP contribution in [0.4, 0.5) is 0 Å². The van der Waals surface area contributed by atoms with Crippen molar-refractivity contribution in [2.75, 3.05) is 6.61 Å². The Kier molecular flexibility index (Phi) is 1.54. The van der Waals surface area contributed by atoms with Gasteiger partial charge in [-0.3, -0.25) is 0 Å². The standard InChI is InChI=1S/C10H18O/c1-7-6-11-8-4-9(7)10(2,3)5-8/h7-9H,4-6H2,1-3H3/t7?,8-,9+/m1/s1. The van der Waals surface area contributed by atoms with Crippen LogP contribution in [0.25, 0.3) is 0 Å². The molecule has 0 radical (unpaired) electrons.